The van der Waals surface area contributed by atoms with Crippen LogP contribution in [0.3, 0.4) is 0 Å². The minimum absolute atomic E-state index is 0.152. The predicted molar refractivity (Wildman–Crippen MR) is 99.6 cm³/mol. The van der Waals surface area contributed by atoms with E-state index in [0.717, 1.165) is 10.5 Å². The molecule has 27 heavy (non-hydrogen) atoms. The van der Waals surface area contributed by atoms with Crippen LogP contribution in [0.2, 0.25) is 5.02 Å². The minimum atomic E-state index is -0.568. The summed E-state index contributed by atoms with van der Waals surface area (Å²) in [5, 5.41) is 3.15. The van der Waals surface area contributed by atoms with Crippen LogP contribution in [-0.4, -0.2) is 29.4 Å². The summed E-state index contributed by atoms with van der Waals surface area (Å²) in [6.07, 6.45) is 1.57. The van der Waals surface area contributed by atoms with Crippen molar-refractivity contribution >= 4 is 35.5 Å². The molecule has 2 aromatic rings. The molecule has 2 aromatic carbocycles. The van der Waals surface area contributed by atoms with Crippen LogP contribution in [0.4, 0.5) is 4.79 Å². The Morgan fingerprint density at radius 2 is 1.78 bits per heavy atom. The van der Waals surface area contributed by atoms with Crippen molar-refractivity contribution in [1.29, 1.82) is 0 Å². The number of nitrogens with zero attached hydrogens (tertiary/aromatic N) is 1. The van der Waals surface area contributed by atoms with Crippen LogP contribution in [0.1, 0.15) is 11.1 Å². The number of nitrogens with two attached hydrogens (primary N) is 1. The molecule has 138 valence electrons. The summed E-state index contributed by atoms with van der Waals surface area (Å²) in [6.45, 7) is -0.0618. The van der Waals surface area contributed by atoms with Gasteiger partial charge in [-0.15, -0.1) is 0 Å². The van der Waals surface area contributed by atoms with E-state index in [-0.39, 0.29) is 18.8 Å². The Hall–Kier alpha value is -3.32. The number of carbonyl (C=O) groups is 3. The number of hydrogen-bond acceptors (Lipinski definition) is 4. The molecule has 1 fully saturated rings. The number of halogens is 1. The molecule has 1 saturated heterocycles. The van der Waals surface area contributed by atoms with Gasteiger partial charge in [-0.05, 0) is 41.5 Å². The van der Waals surface area contributed by atoms with Gasteiger partial charge in [0.15, 0.2) is 6.61 Å². The van der Waals surface area contributed by atoms with Crippen molar-refractivity contribution in [3.05, 3.63) is 70.4 Å². The van der Waals surface area contributed by atoms with E-state index in [4.69, 9.17) is 22.1 Å². The molecular weight excluding hydrogens is 370 g/mol. The smallest absolute Gasteiger partial charge is 0.329 e. The molecule has 3 N–H and O–H groups in total. The number of carbonyl (C=O) groups excluding carboxylic acids is 3. The van der Waals surface area contributed by atoms with Crippen molar-refractivity contribution in [2.75, 3.05) is 6.61 Å². The Kier molecular flexibility index (Phi) is 5.42. The summed E-state index contributed by atoms with van der Waals surface area (Å²) in [5.41, 5.74) is 6.69. The van der Waals surface area contributed by atoms with Crippen LogP contribution in [0.15, 0.2) is 54.2 Å². The quantitative estimate of drug-likeness (QED) is 0.588. The standard InChI is InChI=1S/C19H16ClN3O4/c20-14-5-1-13(2-6-14)10-23-18(25)16(22-19(23)26)9-12-3-7-15(8-4-12)27-11-17(21)24/h1-9H,10-11H2,(H2,21,24)(H,22,26)/b16-9+. The molecule has 8 heteroatoms. The average molecular weight is 386 g/mol. The zero-order valence-electron chi connectivity index (χ0n) is 14.1. The summed E-state index contributed by atoms with van der Waals surface area (Å²) in [7, 11) is 0. The van der Waals surface area contributed by atoms with E-state index in [9.17, 15) is 14.4 Å². The van der Waals surface area contributed by atoms with E-state index in [1.807, 2.05) is 0 Å². The maximum absolute atomic E-state index is 12.5. The number of urea groups is 1. The van der Waals surface area contributed by atoms with Gasteiger partial charge in [-0.25, -0.2) is 4.79 Å². The number of primary amides is 1. The van der Waals surface area contributed by atoms with Gasteiger partial charge in [0.05, 0.1) is 6.54 Å². The Morgan fingerprint density at radius 1 is 1.11 bits per heavy atom. The van der Waals surface area contributed by atoms with Crippen LogP contribution in [0.25, 0.3) is 6.08 Å². The van der Waals surface area contributed by atoms with Gasteiger partial charge in [0, 0.05) is 5.02 Å². The Balaban J connectivity index is 1.70. The van der Waals surface area contributed by atoms with E-state index in [0.29, 0.717) is 16.3 Å². The number of imide groups is 1. The summed E-state index contributed by atoms with van der Waals surface area (Å²) in [4.78, 5) is 36.5. The lowest BCUT2D eigenvalue weighted by molar-refractivity contribution is -0.123. The first-order valence-corrected chi connectivity index (χ1v) is 8.40. The summed E-state index contributed by atoms with van der Waals surface area (Å²) < 4.78 is 5.17. The topological polar surface area (TPSA) is 102 Å². The second-order valence-electron chi connectivity index (χ2n) is 5.83. The van der Waals surface area contributed by atoms with Crippen molar-refractivity contribution in [3.63, 3.8) is 0 Å². The maximum atomic E-state index is 12.5. The highest BCUT2D eigenvalue weighted by atomic mass is 35.5. The molecule has 7 nitrogen and oxygen atoms in total. The normalized spacial score (nSPS) is 15.1. The molecule has 0 saturated carbocycles. The SMILES string of the molecule is NC(=O)COc1ccc(/C=C2/NC(=O)N(Cc3ccc(Cl)cc3)C2=O)cc1. The average Bonchev–Trinajstić information content (AvgIpc) is 2.90. The molecule has 1 aliphatic rings. The number of ether oxygens (including phenoxy) is 1. The first-order chi connectivity index (χ1) is 12.9. The largest absolute Gasteiger partial charge is 0.484 e. The van der Waals surface area contributed by atoms with Gasteiger partial charge < -0.3 is 15.8 Å². The van der Waals surface area contributed by atoms with Gasteiger partial charge in [-0.1, -0.05) is 35.9 Å². The first kappa shape index (κ1) is 18.5. The molecule has 0 bridgehead atoms. The van der Waals surface area contributed by atoms with Gasteiger partial charge >= 0.3 is 6.03 Å². The molecule has 0 unspecified atom stereocenters. The highest BCUT2D eigenvalue weighted by Crippen LogP contribution is 2.19. The second-order valence-corrected chi connectivity index (χ2v) is 6.27. The molecule has 4 amide bonds. The van der Waals surface area contributed by atoms with E-state index < -0.39 is 17.8 Å². The van der Waals surface area contributed by atoms with Gasteiger partial charge in [-0.2, -0.15) is 0 Å². The lowest BCUT2D eigenvalue weighted by Gasteiger charge is -2.11. The number of rotatable bonds is 6. The van der Waals surface area contributed by atoms with Crippen molar-refractivity contribution in [1.82, 2.24) is 10.2 Å². The van der Waals surface area contributed by atoms with Gasteiger partial charge in [0.2, 0.25) is 0 Å². The van der Waals surface area contributed by atoms with Crippen LogP contribution in [0.5, 0.6) is 5.75 Å². The molecule has 1 heterocycles. The van der Waals surface area contributed by atoms with Crippen molar-refractivity contribution in [2.24, 2.45) is 5.73 Å². The molecule has 0 spiro atoms. The third kappa shape index (κ3) is 4.65. The number of benzene rings is 2. The minimum Gasteiger partial charge on any atom is -0.484 e. The zero-order valence-corrected chi connectivity index (χ0v) is 14.9. The van der Waals surface area contributed by atoms with E-state index in [1.54, 1.807) is 54.6 Å². The third-order valence-electron chi connectivity index (χ3n) is 3.79. The highest BCUT2D eigenvalue weighted by molar-refractivity contribution is 6.30. The van der Waals surface area contributed by atoms with Gasteiger partial charge in [-0.3, -0.25) is 14.5 Å². The van der Waals surface area contributed by atoms with Crippen molar-refractivity contribution in [3.8, 4) is 5.75 Å². The van der Waals surface area contributed by atoms with Crippen molar-refractivity contribution in [2.45, 2.75) is 6.54 Å². The van der Waals surface area contributed by atoms with Crippen LogP contribution >= 0.6 is 11.6 Å². The number of amides is 4. The first-order valence-electron chi connectivity index (χ1n) is 8.02. The van der Waals surface area contributed by atoms with E-state index in [1.165, 1.54) is 0 Å². The second kappa shape index (κ2) is 7.92. The number of hydrogen-bond donors (Lipinski definition) is 2. The Morgan fingerprint density at radius 3 is 2.41 bits per heavy atom. The highest BCUT2D eigenvalue weighted by Gasteiger charge is 2.33. The van der Waals surface area contributed by atoms with E-state index in [2.05, 4.69) is 5.32 Å². The van der Waals surface area contributed by atoms with Crippen LogP contribution in [0, 0.1) is 0 Å². The number of nitrogens with one attached hydrogen (secondary N) is 1. The summed E-state index contributed by atoms with van der Waals surface area (Å²) in [5.74, 6) is -0.507. The predicted octanol–water partition coefficient (Wildman–Crippen LogP) is 2.30. The summed E-state index contributed by atoms with van der Waals surface area (Å²) in [6, 6.07) is 13.1. The Labute approximate surface area is 160 Å². The van der Waals surface area contributed by atoms with Crippen LogP contribution in [-0.2, 0) is 16.1 Å². The monoisotopic (exact) mass is 385 g/mol. The fourth-order valence-electron chi connectivity index (χ4n) is 2.47. The lowest BCUT2D eigenvalue weighted by atomic mass is 10.1. The maximum Gasteiger partial charge on any atom is 0.329 e. The molecule has 0 aromatic heterocycles. The van der Waals surface area contributed by atoms with Gasteiger partial charge in [0.25, 0.3) is 11.8 Å². The molecule has 0 atom stereocenters. The fraction of sp³-hybridized carbons (Fsp3) is 0.105. The molecule has 0 aliphatic carbocycles. The zero-order chi connectivity index (χ0) is 19.4. The van der Waals surface area contributed by atoms with Crippen LogP contribution < -0.4 is 15.8 Å². The molecular formula is C19H16ClN3O4. The van der Waals surface area contributed by atoms with Gasteiger partial charge in [0.1, 0.15) is 11.4 Å². The summed E-state index contributed by atoms with van der Waals surface area (Å²) >= 11 is 5.84. The fourth-order valence-corrected chi connectivity index (χ4v) is 2.59. The van der Waals surface area contributed by atoms with Crippen molar-refractivity contribution < 1.29 is 19.1 Å². The lowest BCUT2D eigenvalue weighted by Crippen LogP contribution is -2.30. The Bertz CT molecular complexity index is 908. The third-order valence-corrected chi connectivity index (χ3v) is 4.04. The van der Waals surface area contributed by atoms with E-state index >= 15 is 0 Å². The molecule has 0 radical (unpaired) electrons. The molecule has 3 rings (SSSR count). The molecule has 1 aliphatic heterocycles.